The van der Waals surface area contributed by atoms with E-state index in [-0.39, 0.29) is 0 Å². The Labute approximate surface area is 157 Å². The Balaban J connectivity index is 1.27. The van der Waals surface area contributed by atoms with Crippen LogP contribution in [0.4, 0.5) is 0 Å². The number of aryl methyl sites for hydroxylation is 1. The fraction of sp³-hybridized carbons (Fsp3) is 0.810. The molecule has 0 spiro atoms. The standard InChI is InChI=1S/C21H34N4O/c1-3-23-9-6-17(7-10-23)12-20(26)24-11-8-18(14-24)15-25-16(2)13-22-21(25)19-4-5-19/h13,17-19H,3-12,14-15H2,1-2H3. The van der Waals surface area contributed by atoms with Crippen molar-refractivity contribution < 1.29 is 4.79 Å². The minimum absolute atomic E-state index is 0.396. The first-order valence-electron chi connectivity index (χ1n) is 10.7. The van der Waals surface area contributed by atoms with Crippen LogP contribution in [-0.2, 0) is 11.3 Å². The second kappa shape index (κ2) is 7.71. The normalized spacial score (nSPS) is 25.2. The van der Waals surface area contributed by atoms with Crippen molar-refractivity contribution in [1.29, 1.82) is 0 Å². The Hall–Kier alpha value is -1.36. The lowest BCUT2D eigenvalue weighted by molar-refractivity contribution is -0.131. The number of piperidine rings is 1. The molecule has 2 aliphatic heterocycles. The zero-order chi connectivity index (χ0) is 18.1. The van der Waals surface area contributed by atoms with Crippen LogP contribution in [0.5, 0.6) is 0 Å². The molecule has 1 amide bonds. The second-order valence-corrected chi connectivity index (χ2v) is 8.72. The lowest BCUT2D eigenvalue weighted by Gasteiger charge is -2.31. The van der Waals surface area contributed by atoms with Gasteiger partial charge in [0.1, 0.15) is 5.82 Å². The maximum absolute atomic E-state index is 12.8. The van der Waals surface area contributed by atoms with E-state index in [0.29, 0.717) is 23.7 Å². The molecule has 0 aromatic carbocycles. The van der Waals surface area contributed by atoms with Crippen LogP contribution in [0, 0.1) is 18.8 Å². The average molecular weight is 359 g/mol. The predicted molar refractivity (Wildman–Crippen MR) is 103 cm³/mol. The van der Waals surface area contributed by atoms with E-state index in [0.717, 1.165) is 39.0 Å². The molecule has 1 unspecified atom stereocenters. The van der Waals surface area contributed by atoms with Crippen LogP contribution >= 0.6 is 0 Å². The number of carbonyl (C=O) groups is 1. The fourth-order valence-electron chi connectivity index (χ4n) is 4.73. The summed E-state index contributed by atoms with van der Waals surface area (Å²) in [7, 11) is 0. The van der Waals surface area contributed by atoms with Crippen LogP contribution < -0.4 is 0 Å². The summed E-state index contributed by atoms with van der Waals surface area (Å²) >= 11 is 0. The van der Waals surface area contributed by atoms with Crippen LogP contribution in [0.2, 0.25) is 0 Å². The Morgan fingerprint density at radius 2 is 1.85 bits per heavy atom. The Morgan fingerprint density at radius 1 is 1.12 bits per heavy atom. The van der Waals surface area contributed by atoms with E-state index in [1.54, 1.807) is 0 Å². The number of aromatic nitrogens is 2. The zero-order valence-corrected chi connectivity index (χ0v) is 16.5. The summed E-state index contributed by atoms with van der Waals surface area (Å²) in [6, 6.07) is 0. The third-order valence-corrected chi connectivity index (χ3v) is 6.73. The fourth-order valence-corrected chi connectivity index (χ4v) is 4.73. The number of hydrogen-bond donors (Lipinski definition) is 0. The number of nitrogens with zero attached hydrogens (tertiary/aromatic N) is 4. The Kier molecular flexibility index (Phi) is 5.35. The predicted octanol–water partition coefficient (Wildman–Crippen LogP) is 3.04. The third-order valence-electron chi connectivity index (χ3n) is 6.73. The molecule has 0 N–H and O–H groups in total. The lowest BCUT2D eigenvalue weighted by atomic mass is 9.93. The van der Waals surface area contributed by atoms with Gasteiger partial charge in [-0.25, -0.2) is 4.98 Å². The summed E-state index contributed by atoms with van der Waals surface area (Å²) in [6.45, 7) is 10.8. The highest BCUT2D eigenvalue weighted by atomic mass is 16.2. The van der Waals surface area contributed by atoms with Crippen molar-refractivity contribution in [1.82, 2.24) is 19.4 Å². The van der Waals surface area contributed by atoms with Gasteiger partial charge in [-0.2, -0.15) is 0 Å². The molecule has 3 aliphatic rings. The van der Waals surface area contributed by atoms with Crippen LogP contribution in [0.3, 0.4) is 0 Å². The third kappa shape index (κ3) is 3.98. The number of likely N-dealkylation sites (tertiary alicyclic amines) is 2. The molecule has 0 bridgehead atoms. The quantitative estimate of drug-likeness (QED) is 0.785. The molecule has 1 saturated carbocycles. The topological polar surface area (TPSA) is 41.4 Å². The minimum atomic E-state index is 0.396. The molecule has 3 fully saturated rings. The molecule has 5 nitrogen and oxygen atoms in total. The van der Waals surface area contributed by atoms with Crippen LogP contribution in [0.1, 0.15) is 62.9 Å². The van der Waals surface area contributed by atoms with Gasteiger partial charge in [-0.1, -0.05) is 6.92 Å². The SMILES string of the molecule is CCN1CCC(CC(=O)N2CCC(Cn3c(C)cnc3C3CC3)C2)CC1. The van der Waals surface area contributed by atoms with Crippen molar-refractivity contribution in [2.45, 2.75) is 64.8 Å². The smallest absolute Gasteiger partial charge is 0.222 e. The molecule has 4 rings (SSSR count). The van der Waals surface area contributed by atoms with Crippen molar-refractivity contribution in [2.75, 3.05) is 32.7 Å². The number of hydrogen-bond acceptors (Lipinski definition) is 3. The summed E-state index contributed by atoms with van der Waals surface area (Å²) < 4.78 is 2.43. The van der Waals surface area contributed by atoms with Gasteiger partial charge in [0.15, 0.2) is 0 Å². The number of amides is 1. The van der Waals surface area contributed by atoms with Gasteiger partial charge in [0.25, 0.3) is 0 Å². The van der Waals surface area contributed by atoms with Gasteiger partial charge in [0, 0.05) is 43.9 Å². The van der Waals surface area contributed by atoms with Crippen molar-refractivity contribution in [2.24, 2.45) is 11.8 Å². The van der Waals surface area contributed by atoms with E-state index >= 15 is 0 Å². The molecule has 1 aliphatic carbocycles. The minimum Gasteiger partial charge on any atom is -0.342 e. The summed E-state index contributed by atoms with van der Waals surface area (Å²) in [5.41, 5.74) is 1.28. The number of rotatable bonds is 6. The van der Waals surface area contributed by atoms with Crippen LogP contribution in [0.25, 0.3) is 0 Å². The first-order chi connectivity index (χ1) is 12.6. The molecular formula is C21H34N4O. The summed E-state index contributed by atoms with van der Waals surface area (Å²) in [6.07, 6.45) is 8.90. The zero-order valence-electron chi connectivity index (χ0n) is 16.5. The molecule has 5 heteroatoms. The summed E-state index contributed by atoms with van der Waals surface area (Å²) in [4.78, 5) is 22.0. The highest BCUT2D eigenvalue weighted by molar-refractivity contribution is 5.76. The largest absolute Gasteiger partial charge is 0.342 e. The monoisotopic (exact) mass is 358 g/mol. The molecule has 1 aromatic heterocycles. The number of imidazole rings is 1. The van der Waals surface area contributed by atoms with E-state index in [1.807, 2.05) is 6.20 Å². The van der Waals surface area contributed by atoms with E-state index in [2.05, 4.69) is 33.2 Å². The van der Waals surface area contributed by atoms with E-state index < -0.39 is 0 Å². The van der Waals surface area contributed by atoms with Gasteiger partial charge < -0.3 is 14.4 Å². The van der Waals surface area contributed by atoms with Gasteiger partial charge in [-0.05, 0) is 70.5 Å². The molecule has 144 valence electrons. The molecule has 1 atom stereocenters. The van der Waals surface area contributed by atoms with Gasteiger partial charge in [0.05, 0.1) is 0 Å². The van der Waals surface area contributed by atoms with E-state index in [4.69, 9.17) is 0 Å². The molecule has 26 heavy (non-hydrogen) atoms. The van der Waals surface area contributed by atoms with E-state index in [1.165, 1.54) is 50.3 Å². The maximum Gasteiger partial charge on any atom is 0.222 e. The van der Waals surface area contributed by atoms with Gasteiger partial charge in [0.2, 0.25) is 5.91 Å². The van der Waals surface area contributed by atoms with Crippen LogP contribution in [-0.4, -0.2) is 58.0 Å². The first kappa shape index (κ1) is 18.0. The maximum atomic E-state index is 12.8. The molecule has 3 heterocycles. The molecule has 0 radical (unpaired) electrons. The summed E-state index contributed by atoms with van der Waals surface area (Å²) in [5, 5.41) is 0. The lowest BCUT2D eigenvalue weighted by Crippen LogP contribution is -2.36. The number of carbonyl (C=O) groups excluding carboxylic acids is 1. The van der Waals surface area contributed by atoms with Gasteiger partial charge in [-0.3, -0.25) is 4.79 Å². The molecule has 1 aromatic rings. The molecule has 2 saturated heterocycles. The molecular weight excluding hydrogens is 324 g/mol. The highest BCUT2D eigenvalue weighted by Crippen LogP contribution is 2.40. The Bertz CT molecular complexity index is 628. The first-order valence-corrected chi connectivity index (χ1v) is 10.7. The highest BCUT2D eigenvalue weighted by Gasteiger charge is 2.32. The summed E-state index contributed by atoms with van der Waals surface area (Å²) in [5.74, 6) is 3.56. The van der Waals surface area contributed by atoms with E-state index in [9.17, 15) is 4.79 Å². The van der Waals surface area contributed by atoms with Crippen molar-refractivity contribution >= 4 is 5.91 Å². The van der Waals surface area contributed by atoms with Crippen molar-refractivity contribution in [3.8, 4) is 0 Å². The second-order valence-electron chi connectivity index (χ2n) is 8.72. The van der Waals surface area contributed by atoms with Gasteiger partial charge >= 0.3 is 0 Å². The van der Waals surface area contributed by atoms with Gasteiger partial charge in [-0.15, -0.1) is 0 Å². The Morgan fingerprint density at radius 3 is 2.54 bits per heavy atom. The van der Waals surface area contributed by atoms with Crippen molar-refractivity contribution in [3.05, 3.63) is 17.7 Å². The van der Waals surface area contributed by atoms with Crippen LogP contribution in [0.15, 0.2) is 6.20 Å². The average Bonchev–Trinajstić information content (AvgIpc) is 3.28. The van der Waals surface area contributed by atoms with Crippen molar-refractivity contribution in [3.63, 3.8) is 0 Å².